The van der Waals surface area contributed by atoms with Crippen molar-refractivity contribution in [2.45, 2.75) is 0 Å². The van der Waals surface area contributed by atoms with E-state index in [1.165, 1.54) is 29.5 Å². The number of nitrogens with one attached hydrogen (secondary N) is 1. The van der Waals surface area contributed by atoms with Gasteiger partial charge in [-0.3, -0.25) is 14.9 Å². The lowest BCUT2D eigenvalue weighted by molar-refractivity contribution is -0.384. The van der Waals surface area contributed by atoms with Crippen LogP contribution < -0.4 is 5.32 Å². The summed E-state index contributed by atoms with van der Waals surface area (Å²) in [5.74, 6) is -1.48. The van der Waals surface area contributed by atoms with Gasteiger partial charge in [-0.05, 0) is 24.3 Å². The molecule has 1 N–H and O–H groups in total. The quantitative estimate of drug-likeness (QED) is 0.395. The number of halogens is 1. The first-order chi connectivity index (χ1) is 13.4. The lowest BCUT2D eigenvalue weighted by atomic mass is 10.1. The molecule has 3 rings (SSSR count). The van der Waals surface area contributed by atoms with Crippen LogP contribution in [0, 0.1) is 10.1 Å². The van der Waals surface area contributed by atoms with E-state index in [9.17, 15) is 19.7 Å². The zero-order chi connectivity index (χ0) is 20.3. The standard InChI is InChI=1S/C17H12ClN5O5/c1-28-17(25)11-4-10(5-13(6-11)23(26)27)16(24)21-14-7-12(18)2-3-15(14)22-9-19-8-20-22/h2-9H,1H3,(H,21,24). The fourth-order valence-electron chi connectivity index (χ4n) is 2.42. The van der Waals surface area contributed by atoms with Crippen LogP contribution in [0.25, 0.3) is 5.69 Å². The van der Waals surface area contributed by atoms with Gasteiger partial charge in [0.1, 0.15) is 12.7 Å². The molecule has 142 valence electrons. The van der Waals surface area contributed by atoms with Crippen LogP contribution >= 0.6 is 11.6 Å². The number of esters is 1. The highest BCUT2D eigenvalue weighted by Gasteiger charge is 2.19. The second-order valence-electron chi connectivity index (χ2n) is 5.47. The molecule has 0 bridgehead atoms. The Hall–Kier alpha value is -3.79. The van der Waals surface area contributed by atoms with Crippen molar-refractivity contribution in [1.29, 1.82) is 0 Å². The van der Waals surface area contributed by atoms with Crippen LogP contribution in [0.15, 0.2) is 49.1 Å². The number of non-ortho nitro benzene ring substituents is 1. The predicted octanol–water partition coefficient (Wildman–Crippen LogP) is 2.87. The minimum Gasteiger partial charge on any atom is -0.465 e. The molecule has 0 aliphatic heterocycles. The van der Waals surface area contributed by atoms with E-state index in [1.54, 1.807) is 12.1 Å². The SMILES string of the molecule is COC(=O)c1cc(C(=O)Nc2cc(Cl)ccc2-n2cncn2)cc([N+](=O)[O-])c1. The summed E-state index contributed by atoms with van der Waals surface area (Å²) in [4.78, 5) is 38.8. The van der Waals surface area contributed by atoms with Gasteiger partial charge < -0.3 is 10.1 Å². The summed E-state index contributed by atoms with van der Waals surface area (Å²) >= 11 is 6.01. The number of methoxy groups -OCH3 is 1. The van der Waals surface area contributed by atoms with Crippen LogP contribution in [0.2, 0.25) is 5.02 Å². The van der Waals surface area contributed by atoms with Crippen molar-refractivity contribution >= 4 is 34.9 Å². The van der Waals surface area contributed by atoms with Gasteiger partial charge in [0.25, 0.3) is 11.6 Å². The number of nitro benzene ring substituents is 1. The lowest BCUT2D eigenvalue weighted by Crippen LogP contribution is -2.15. The third-order valence-corrected chi connectivity index (χ3v) is 3.92. The number of anilines is 1. The van der Waals surface area contributed by atoms with Gasteiger partial charge in [0.05, 0.1) is 29.0 Å². The number of benzene rings is 2. The topological polar surface area (TPSA) is 129 Å². The first-order valence-corrected chi connectivity index (χ1v) is 8.10. The van der Waals surface area contributed by atoms with Crippen molar-refractivity contribution in [3.05, 3.63) is 75.3 Å². The maximum Gasteiger partial charge on any atom is 0.338 e. The first-order valence-electron chi connectivity index (χ1n) is 7.72. The number of nitro groups is 1. The molecule has 0 fully saturated rings. The molecule has 0 aliphatic rings. The van der Waals surface area contributed by atoms with Crippen LogP contribution in [-0.2, 0) is 4.74 Å². The minimum atomic E-state index is -0.802. The van der Waals surface area contributed by atoms with Gasteiger partial charge in [0.15, 0.2) is 0 Å². The zero-order valence-electron chi connectivity index (χ0n) is 14.3. The number of carbonyl (C=O) groups is 2. The number of carbonyl (C=O) groups excluding carboxylic acids is 2. The van der Waals surface area contributed by atoms with Crippen molar-refractivity contribution in [3.8, 4) is 5.69 Å². The maximum absolute atomic E-state index is 12.7. The highest BCUT2D eigenvalue weighted by atomic mass is 35.5. The molecule has 1 aromatic heterocycles. The highest BCUT2D eigenvalue weighted by Crippen LogP contribution is 2.25. The molecule has 28 heavy (non-hydrogen) atoms. The van der Waals surface area contributed by atoms with E-state index >= 15 is 0 Å². The Labute approximate surface area is 162 Å². The molecule has 11 heteroatoms. The average molecular weight is 402 g/mol. The second-order valence-corrected chi connectivity index (χ2v) is 5.91. The van der Waals surface area contributed by atoms with Gasteiger partial charge in [0, 0.05) is 22.7 Å². The fraction of sp³-hybridized carbons (Fsp3) is 0.0588. The van der Waals surface area contributed by atoms with Gasteiger partial charge in [-0.2, -0.15) is 5.10 Å². The highest BCUT2D eigenvalue weighted by molar-refractivity contribution is 6.31. The number of amides is 1. The van der Waals surface area contributed by atoms with Crippen molar-refractivity contribution in [1.82, 2.24) is 14.8 Å². The zero-order valence-corrected chi connectivity index (χ0v) is 15.1. The van der Waals surface area contributed by atoms with Gasteiger partial charge in [-0.1, -0.05) is 11.6 Å². The van der Waals surface area contributed by atoms with Crippen molar-refractivity contribution in [2.24, 2.45) is 0 Å². The van der Waals surface area contributed by atoms with Crippen LogP contribution in [0.3, 0.4) is 0 Å². The summed E-state index contributed by atoms with van der Waals surface area (Å²) in [6.07, 6.45) is 2.75. The summed E-state index contributed by atoms with van der Waals surface area (Å²) in [5.41, 5.74) is 0.141. The van der Waals surface area contributed by atoms with Gasteiger partial charge in [-0.15, -0.1) is 0 Å². The van der Waals surface area contributed by atoms with Gasteiger partial charge in [-0.25, -0.2) is 14.5 Å². The van der Waals surface area contributed by atoms with E-state index < -0.39 is 22.5 Å². The molecule has 0 saturated carbocycles. The predicted molar refractivity (Wildman–Crippen MR) is 98.8 cm³/mol. The Morgan fingerprint density at radius 2 is 1.96 bits per heavy atom. The first kappa shape index (κ1) is 19.0. The monoisotopic (exact) mass is 401 g/mol. The van der Waals surface area contributed by atoms with E-state index in [2.05, 4.69) is 20.1 Å². The number of nitrogens with zero attached hydrogens (tertiary/aromatic N) is 4. The smallest absolute Gasteiger partial charge is 0.338 e. The van der Waals surface area contributed by atoms with E-state index in [0.717, 1.165) is 19.2 Å². The molecule has 2 aromatic carbocycles. The maximum atomic E-state index is 12.7. The Kier molecular flexibility index (Phi) is 5.32. The largest absolute Gasteiger partial charge is 0.465 e. The fourth-order valence-corrected chi connectivity index (χ4v) is 2.59. The third-order valence-electron chi connectivity index (χ3n) is 3.68. The molecule has 0 saturated heterocycles. The number of hydrogen-bond acceptors (Lipinski definition) is 7. The Bertz CT molecular complexity index is 1070. The average Bonchev–Trinajstić information content (AvgIpc) is 3.21. The summed E-state index contributed by atoms with van der Waals surface area (Å²) < 4.78 is 5.99. The van der Waals surface area contributed by atoms with Crippen molar-refractivity contribution in [3.63, 3.8) is 0 Å². The summed E-state index contributed by atoms with van der Waals surface area (Å²) in [7, 11) is 1.14. The van der Waals surface area contributed by atoms with E-state index in [0.29, 0.717) is 16.4 Å². The van der Waals surface area contributed by atoms with Gasteiger partial charge in [0.2, 0.25) is 0 Å². The Morgan fingerprint density at radius 1 is 1.21 bits per heavy atom. The van der Waals surface area contributed by atoms with Crippen LogP contribution in [0.5, 0.6) is 0 Å². The number of hydrogen-bond donors (Lipinski definition) is 1. The normalized spacial score (nSPS) is 10.4. The molecule has 1 heterocycles. The Morgan fingerprint density at radius 3 is 2.61 bits per heavy atom. The number of ether oxygens (including phenoxy) is 1. The van der Waals surface area contributed by atoms with E-state index in [4.69, 9.17) is 11.6 Å². The third kappa shape index (κ3) is 3.96. The Balaban J connectivity index is 2.00. The molecule has 1 amide bonds. The molecule has 0 radical (unpaired) electrons. The summed E-state index contributed by atoms with van der Waals surface area (Å²) in [6.45, 7) is 0. The molecule has 0 unspecified atom stereocenters. The second kappa shape index (κ2) is 7.84. The molecule has 0 spiro atoms. The molecular formula is C17H12ClN5O5. The molecule has 10 nitrogen and oxygen atoms in total. The summed E-state index contributed by atoms with van der Waals surface area (Å²) in [5, 5.41) is 18.1. The number of aromatic nitrogens is 3. The van der Waals surface area contributed by atoms with Crippen LogP contribution in [-0.4, -0.2) is 38.7 Å². The molecular weight excluding hydrogens is 390 g/mol. The molecule has 0 atom stereocenters. The molecule has 3 aromatic rings. The van der Waals surface area contributed by atoms with Crippen molar-refractivity contribution in [2.75, 3.05) is 12.4 Å². The minimum absolute atomic E-state index is 0.0980. The summed E-state index contributed by atoms with van der Waals surface area (Å²) in [6, 6.07) is 8.02. The van der Waals surface area contributed by atoms with E-state index in [-0.39, 0.29) is 11.1 Å². The van der Waals surface area contributed by atoms with Crippen LogP contribution in [0.1, 0.15) is 20.7 Å². The van der Waals surface area contributed by atoms with Crippen molar-refractivity contribution < 1.29 is 19.2 Å². The lowest BCUT2D eigenvalue weighted by Gasteiger charge is -2.12. The van der Waals surface area contributed by atoms with E-state index in [1.807, 2.05) is 0 Å². The van der Waals surface area contributed by atoms with Gasteiger partial charge >= 0.3 is 5.97 Å². The molecule has 0 aliphatic carbocycles. The van der Waals surface area contributed by atoms with Crippen LogP contribution in [0.4, 0.5) is 11.4 Å². The number of rotatable bonds is 5.